The van der Waals surface area contributed by atoms with E-state index in [0.29, 0.717) is 6.29 Å². The van der Waals surface area contributed by atoms with Gasteiger partial charge in [0.2, 0.25) is 11.7 Å². The fraction of sp³-hybridized carbons (Fsp3) is 0.556. The van der Waals surface area contributed by atoms with Crippen molar-refractivity contribution in [1.82, 2.24) is 10.6 Å². The third-order valence-corrected chi connectivity index (χ3v) is 4.50. The largest absolute Gasteiger partial charge is 0.403 e. The minimum absolute atomic E-state index is 0.0348. The first-order valence-electron chi connectivity index (χ1n) is 8.91. The van der Waals surface area contributed by atoms with Gasteiger partial charge in [-0.2, -0.15) is 13.2 Å². The summed E-state index contributed by atoms with van der Waals surface area (Å²) in [7, 11) is 0.950. The van der Waals surface area contributed by atoms with Crippen molar-refractivity contribution in [3.8, 4) is 0 Å². The van der Waals surface area contributed by atoms with Crippen LogP contribution in [0.1, 0.15) is 43.6 Å². The zero-order valence-corrected chi connectivity index (χ0v) is 15.8. The number of alkyl halides is 3. The Hall–Kier alpha value is -2.24. The molecule has 0 bridgehead atoms. The van der Waals surface area contributed by atoms with Crippen LogP contribution in [0.15, 0.2) is 0 Å². The summed E-state index contributed by atoms with van der Waals surface area (Å²) in [5.74, 6) is -13.4. The number of nitrogens with one attached hydrogen (secondary N) is 2. The molecule has 0 radical (unpaired) electrons. The quantitative estimate of drug-likeness (QED) is 0.178. The van der Waals surface area contributed by atoms with Gasteiger partial charge in [0.05, 0.1) is 6.54 Å². The molecule has 2 unspecified atom stereocenters. The van der Waals surface area contributed by atoms with Gasteiger partial charge in [0.25, 0.3) is 0 Å². The van der Waals surface area contributed by atoms with Crippen molar-refractivity contribution in [2.45, 2.75) is 50.2 Å². The van der Waals surface area contributed by atoms with Crippen LogP contribution in [0, 0.1) is 29.1 Å². The third kappa shape index (κ3) is 6.64. The van der Waals surface area contributed by atoms with Gasteiger partial charge in [-0.25, -0.2) is 22.0 Å². The molecular formula is C18H20F8N2O2. The van der Waals surface area contributed by atoms with Crippen LogP contribution in [-0.4, -0.2) is 38.0 Å². The Bertz CT molecular complexity index is 726. The molecular weight excluding hydrogens is 428 g/mol. The van der Waals surface area contributed by atoms with Gasteiger partial charge in [-0.3, -0.25) is 4.79 Å². The van der Waals surface area contributed by atoms with E-state index in [2.05, 4.69) is 5.32 Å². The molecule has 4 nitrogen and oxygen atoms in total. The molecule has 0 aliphatic rings. The van der Waals surface area contributed by atoms with Crippen LogP contribution in [0.5, 0.6) is 0 Å². The molecule has 0 saturated heterocycles. The maximum atomic E-state index is 14.2. The van der Waals surface area contributed by atoms with Crippen molar-refractivity contribution in [2.24, 2.45) is 0 Å². The van der Waals surface area contributed by atoms with Gasteiger partial charge < -0.3 is 15.4 Å². The summed E-state index contributed by atoms with van der Waals surface area (Å²) in [6.07, 6.45) is -5.84. The number of amides is 1. The van der Waals surface area contributed by atoms with Crippen LogP contribution in [0.4, 0.5) is 35.1 Å². The van der Waals surface area contributed by atoms with Crippen LogP contribution in [0.3, 0.4) is 0 Å². The number of carbonyl (C=O) groups excluding carboxylic acids is 2. The molecule has 2 N–H and O–H groups in total. The summed E-state index contributed by atoms with van der Waals surface area (Å²) in [6, 6.07) is -2.26. The number of halogens is 8. The number of hydrogen-bond donors (Lipinski definition) is 2. The highest BCUT2D eigenvalue weighted by Crippen LogP contribution is 2.37. The van der Waals surface area contributed by atoms with E-state index in [1.54, 1.807) is 0 Å². The van der Waals surface area contributed by atoms with Crippen molar-refractivity contribution in [3.05, 3.63) is 34.6 Å². The van der Waals surface area contributed by atoms with Gasteiger partial charge >= 0.3 is 6.18 Å². The van der Waals surface area contributed by atoms with Gasteiger partial charge in [-0.15, -0.1) is 0 Å². The molecule has 1 amide bonds. The number of hydrogen-bond acceptors (Lipinski definition) is 3. The molecule has 0 fully saturated rings. The summed E-state index contributed by atoms with van der Waals surface area (Å²) in [6.45, 7) is -0.235. The van der Waals surface area contributed by atoms with E-state index in [4.69, 9.17) is 0 Å². The molecule has 30 heavy (non-hydrogen) atoms. The Morgan fingerprint density at radius 3 is 1.97 bits per heavy atom. The Balaban J connectivity index is 3.11. The normalized spacial score (nSPS) is 13.8. The molecule has 0 spiro atoms. The van der Waals surface area contributed by atoms with Gasteiger partial charge in [0.15, 0.2) is 23.3 Å². The van der Waals surface area contributed by atoms with Gasteiger partial charge in [0, 0.05) is 12.0 Å². The van der Waals surface area contributed by atoms with E-state index in [-0.39, 0.29) is 32.2 Å². The zero-order valence-electron chi connectivity index (χ0n) is 15.8. The van der Waals surface area contributed by atoms with Crippen LogP contribution in [0.25, 0.3) is 0 Å². The Morgan fingerprint density at radius 1 is 0.967 bits per heavy atom. The molecule has 1 aromatic rings. The number of benzene rings is 1. The van der Waals surface area contributed by atoms with Crippen molar-refractivity contribution in [3.63, 3.8) is 0 Å². The smallest absolute Gasteiger partial charge is 0.349 e. The lowest BCUT2D eigenvalue weighted by atomic mass is 9.86. The molecule has 1 rings (SSSR count). The minimum Gasteiger partial charge on any atom is -0.349 e. The molecule has 170 valence electrons. The maximum absolute atomic E-state index is 14.2. The van der Waals surface area contributed by atoms with Crippen LogP contribution in [-0.2, 0) is 9.59 Å². The van der Waals surface area contributed by atoms with E-state index < -0.39 is 65.1 Å². The minimum atomic E-state index is -4.83. The highest BCUT2D eigenvalue weighted by atomic mass is 19.4. The van der Waals surface area contributed by atoms with Gasteiger partial charge in [-0.05, 0) is 32.2 Å². The van der Waals surface area contributed by atoms with Crippen molar-refractivity contribution >= 4 is 12.2 Å². The van der Waals surface area contributed by atoms with E-state index in [1.165, 1.54) is 0 Å². The third-order valence-electron chi connectivity index (χ3n) is 4.50. The predicted octanol–water partition coefficient (Wildman–Crippen LogP) is 3.88. The fourth-order valence-electron chi connectivity index (χ4n) is 2.98. The number of carbonyl (C=O) groups is 2. The Labute approximate surface area is 167 Å². The summed E-state index contributed by atoms with van der Waals surface area (Å²) in [4.78, 5) is 21.6. The highest BCUT2D eigenvalue weighted by molar-refractivity contribution is 5.78. The zero-order chi connectivity index (χ0) is 23.1. The van der Waals surface area contributed by atoms with Gasteiger partial charge in [0.1, 0.15) is 12.3 Å². The molecule has 0 saturated carbocycles. The van der Waals surface area contributed by atoms with E-state index in [9.17, 15) is 44.7 Å². The lowest BCUT2D eigenvalue weighted by Crippen LogP contribution is -2.41. The summed E-state index contributed by atoms with van der Waals surface area (Å²) < 4.78 is 108. The first kappa shape index (κ1) is 25.8. The Kier molecular flexibility index (Phi) is 9.66. The highest BCUT2D eigenvalue weighted by Gasteiger charge is 2.41. The van der Waals surface area contributed by atoms with Gasteiger partial charge in [-0.1, -0.05) is 6.42 Å². The first-order chi connectivity index (χ1) is 13.9. The van der Waals surface area contributed by atoms with Crippen molar-refractivity contribution in [2.75, 3.05) is 13.6 Å². The predicted molar refractivity (Wildman–Crippen MR) is 90.0 cm³/mol. The number of rotatable bonds is 11. The first-order valence-corrected chi connectivity index (χ1v) is 8.91. The lowest BCUT2D eigenvalue weighted by Gasteiger charge is -2.26. The Morgan fingerprint density at radius 2 is 1.50 bits per heavy atom. The van der Waals surface area contributed by atoms with Crippen molar-refractivity contribution in [1.29, 1.82) is 0 Å². The van der Waals surface area contributed by atoms with E-state index in [1.807, 2.05) is 5.32 Å². The van der Waals surface area contributed by atoms with Crippen LogP contribution in [0.2, 0.25) is 0 Å². The molecule has 12 heteroatoms. The second-order valence-electron chi connectivity index (χ2n) is 6.52. The summed E-state index contributed by atoms with van der Waals surface area (Å²) >= 11 is 0. The standard InChI is InChI=1S/C18H20F8N2O2/c1-27-10(18(24,25)26)8-9(4-2-3-5-11(30)28-6-7-29)12-13(19)15(21)17(23)16(22)14(12)20/h7,9-10,27H,2-6,8H2,1H3,(H,28,30). The average molecular weight is 448 g/mol. The van der Waals surface area contributed by atoms with Crippen molar-refractivity contribution < 1.29 is 44.7 Å². The van der Waals surface area contributed by atoms with E-state index >= 15 is 0 Å². The van der Waals surface area contributed by atoms with E-state index in [0.717, 1.165) is 7.05 Å². The molecule has 0 heterocycles. The summed E-state index contributed by atoms with van der Waals surface area (Å²) in [5.41, 5.74) is -1.32. The lowest BCUT2D eigenvalue weighted by molar-refractivity contribution is -0.157. The maximum Gasteiger partial charge on any atom is 0.403 e. The molecule has 0 aromatic heterocycles. The SMILES string of the molecule is CNC(CC(CCCCC(=O)NCC=O)c1c(F)c(F)c(F)c(F)c1F)C(F)(F)F. The monoisotopic (exact) mass is 448 g/mol. The second-order valence-corrected chi connectivity index (χ2v) is 6.52. The summed E-state index contributed by atoms with van der Waals surface area (Å²) in [5, 5.41) is 4.15. The average Bonchev–Trinajstić information content (AvgIpc) is 2.68. The second kappa shape index (κ2) is 11.2. The molecule has 0 aliphatic carbocycles. The molecule has 2 atom stereocenters. The fourth-order valence-corrected chi connectivity index (χ4v) is 2.98. The van der Waals surface area contributed by atoms with Crippen LogP contribution < -0.4 is 10.6 Å². The number of aldehydes is 1. The number of unbranched alkanes of at least 4 members (excludes halogenated alkanes) is 1. The van der Waals surface area contributed by atoms with Crippen LogP contribution >= 0.6 is 0 Å². The topological polar surface area (TPSA) is 58.2 Å². The molecule has 1 aromatic carbocycles. The molecule has 0 aliphatic heterocycles.